The Kier molecular flexibility index (Phi) is 11.1. The molecule has 0 N–H and O–H groups in total. The number of rotatable bonds is 12. The molecule has 10 heteroatoms. The van der Waals surface area contributed by atoms with E-state index < -0.39 is 10.0 Å². The lowest BCUT2D eigenvalue weighted by Crippen LogP contribution is -2.51. The van der Waals surface area contributed by atoms with Crippen molar-refractivity contribution in [3.8, 4) is 0 Å². The average Bonchev–Trinajstić information content (AvgIpc) is 2.79. The highest BCUT2D eigenvalue weighted by atomic mass is 35.5. The first-order valence-corrected chi connectivity index (χ1v) is 13.5. The number of hydrogen-bond donors (Lipinski definition) is 0. The predicted octanol–water partition coefficient (Wildman–Crippen LogP) is 2.76. The van der Waals surface area contributed by atoms with Crippen molar-refractivity contribution in [1.82, 2.24) is 14.1 Å². The zero-order valence-electron chi connectivity index (χ0n) is 19.8. The van der Waals surface area contributed by atoms with Gasteiger partial charge in [-0.25, -0.2) is 8.42 Å². The fourth-order valence-corrected chi connectivity index (χ4v) is 5.69. The lowest BCUT2D eigenvalue weighted by atomic mass is 10.0. The van der Waals surface area contributed by atoms with Gasteiger partial charge in [0.05, 0.1) is 18.9 Å². The number of methoxy groups -OCH3 is 1. The maximum Gasteiger partial charge on any atom is 0.238 e. The van der Waals surface area contributed by atoms with E-state index in [2.05, 4.69) is 0 Å². The van der Waals surface area contributed by atoms with Gasteiger partial charge in [-0.1, -0.05) is 37.6 Å². The van der Waals surface area contributed by atoms with E-state index >= 15 is 0 Å². The fraction of sp³-hybridized carbons (Fsp3) is 0.652. The van der Waals surface area contributed by atoms with Crippen LogP contribution in [0.3, 0.4) is 0 Å². The Bertz CT molecular complexity index is 888. The maximum atomic E-state index is 13.5. The van der Waals surface area contributed by atoms with Gasteiger partial charge < -0.3 is 14.5 Å². The standard InChI is InChI=1S/C23H36ClN3O5S/c1-4-15-33(30,31)26(13-14-32-3)18-23(29)27(17-19-7-6-8-20(24)16-19)21-9-11-25(12-10-21)22(28)5-2/h6-8,16,21H,4-5,9-15,17-18H2,1-3H3. The van der Waals surface area contributed by atoms with E-state index in [1.165, 1.54) is 11.4 Å². The topological polar surface area (TPSA) is 87.2 Å². The SMILES string of the molecule is CCCS(=O)(=O)N(CCOC)CC(=O)N(Cc1cccc(Cl)c1)C1CCN(C(=O)CC)CC1. The third kappa shape index (κ3) is 8.24. The third-order valence-electron chi connectivity index (χ3n) is 5.83. The van der Waals surface area contributed by atoms with Crippen LogP contribution >= 0.6 is 11.6 Å². The molecule has 2 amide bonds. The van der Waals surface area contributed by atoms with Gasteiger partial charge in [-0.2, -0.15) is 4.31 Å². The summed E-state index contributed by atoms with van der Waals surface area (Å²) in [6, 6.07) is 7.23. The summed E-state index contributed by atoms with van der Waals surface area (Å²) in [7, 11) is -2.07. The number of carbonyl (C=O) groups is 2. The minimum atomic E-state index is -3.58. The van der Waals surface area contributed by atoms with Crippen LogP contribution in [0.1, 0.15) is 45.1 Å². The molecule has 0 saturated carbocycles. The Morgan fingerprint density at radius 2 is 1.91 bits per heavy atom. The normalized spacial score (nSPS) is 15.1. The zero-order valence-corrected chi connectivity index (χ0v) is 21.4. The molecule has 186 valence electrons. The van der Waals surface area contributed by atoms with Gasteiger partial charge in [0.2, 0.25) is 21.8 Å². The Morgan fingerprint density at radius 1 is 1.21 bits per heavy atom. The Hall–Kier alpha value is -1.68. The molecule has 1 saturated heterocycles. The van der Waals surface area contributed by atoms with Crippen LogP contribution in [0.25, 0.3) is 0 Å². The smallest absolute Gasteiger partial charge is 0.238 e. The van der Waals surface area contributed by atoms with Gasteiger partial charge in [-0.15, -0.1) is 0 Å². The molecule has 0 atom stereocenters. The fourth-order valence-electron chi connectivity index (χ4n) is 4.04. The highest BCUT2D eigenvalue weighted by Crippen LogP contribution is 2.22. The van der Waals surface area contributed by atoms with Crippen molar-refractivity contribution >= 4 is 33.4 Å². The number of carbonyl (C=O) groups excluding carboxylic acids is 2. The van der Waals surface area contributed by atoms with Crippen molar-refractivity contribution in [2.45, 2.75) is 52.1 Å². The summed E-state index contributed by atoms with van der Waals surface area (Å²) in [6.45, 7) is 5.23. The summed E-state index contributed by atoms with van der Waals surface area (Å²) in [6.07, 6.45) is 2.23. The van der Waals surface area contributed by atoms with E-state index in [-0.39, 0.29) is 43.3 Å². The van der Waals surface area contributed by atoms with Gasteiger partial charge in [0, 0.05) is 50.8 Å². The van der Waals surface area contributed by atoms with Crippen LogP contribution in [0.15, 0.2) is 24.3 Å². The molecule has 1 aliphatic heterocycles. The molecule has 1 aromatic rings. The summed E-state index contributed by atoms with van der Waals surface area (Å²) < 4.78 is 31.8. The summed E-state index contributed by atoms with van der Waals surface area (Å²) in [5.41, 5.74) is 0.878. The molecule has 1 aliphatic rings. The Labute approximate surface area is 202 Å². The molecule has 0 aliphatic carbocycles. The van der Waals surface area contributed by atoms with Crippen LogP contribution in [-0.4, -0.2) is 86.0 Å². The Balaban J connectivity index is 2.23. The maximum absolute atomic E-state index is 13.5. The van der Waals surface area contributed by atoms with Gasteiger partial charge in [0.25, 0.3) is 0 Å². The number of piperidine rings is 1. The molecule has 33 heavy (non-hydrogen) atoms. The van der Waals surface area contributed by atoms with Crippen LogP contribution in [0, 0.1) is 0 Å². The first-order valence-electron chi connectivity index (χ1n) is 11.5. The van der Waals surface area contributed by atoms with Crippen LogP contribution in [0.4, 0.5) is 0 Å². The van der Waals surface area contributed by atoms with Gasteiger partial charge >= 0.3 is 0 Å². The number of sulfonamides is 1. The van der Waals surface area contributed by atoms with Crippen LogP contribution < -0.4 is 0 Å². The number of benzene rings is 1. The van der Waals surface area contributed by atoms with Crippen LogP contribution in [0.5, 0.6) is 0 Å². The molecule has 0 aromatic heterocycles. The number of halogens is 1. The summed E-state index contributed by atoms with van der Waals surface area (Å²) >= 11 is 6.15. The van der Waals surface area contributed by atoms with E-state index in [1.807, 2.05) is 30.0 Å². The quantitative estimate of drug-likeness (QED) is 0.439. The molecule has 8 nitrogen and oxygen atoms in total. The zero-order chi connectivity index (χ0) is 24.4. The van der Waals surface area contributed by atoms with E-state index in [9.17, 15) is 18.0 Å². The molecular formula is C23H36ClN3O5S. The second-order valence-corrected chi connectivity index (χ2v) is 10.8. The van der Waals surface area contributed by atoms with Crippen LogP contribution in [-0.2, 0) is 30.9 Å². The highest BCUT2D eigenvalue weighted by Gasteiger charge is 2.32. The molecule has 1 heterocycles. The lowest BCUT2D eigenvalue weighted by Gasteiger charge is -2.39. The molecule has 1 fully saturated rings. The minimum absolute atomic E-state index is 0.0181. The van der Waals surface area contributed by atoms with E-state index in [4.69, 9.17) is 16.3 Å². The molecule has 0 unspecified atom stereocenters. The van der Waals surface area contributed by atoms with Crippen molar-refractivity contribution in [2.24, 2.45) is 0 Å². The second kappa shape index (κ2) is 13.3. The molecular weight excluding hydrogens is 466 g/mol. The van der Waals surface area contributed by atoms with E-state index in [1.54, 1.807) is 17.9 Å². The van der Waals surface area contributed by atoms with E-state index in [0.717, 1.165) is 5.56 Å². The van der Waals surface area contributed by atoms with Crippen molar-refractivity contribution in [3.05, 3.63) is 34.9 Å². The summed E-state index contributed by atoms with van der Waals surface area (Å²) in [4.78, 5) is 29.1. The van der Waals surface area contributed by atoms with Crippen molar-refractivity contribution in [2.75, 3.05) is 45.6 Å². The summed E-state index contributed by atoms with van der Waals surface area (Å²) in [5, 5.41) is 0.579. The number of likely N-dealkylation sites (tertiary alicyclic amines) is 1. The number of nitrogens with zero attached hydrogens (tertiary/aromatic N) is 3. The first-order chi connectivity index (χ1) is 15.7. The minimum Gasteiger partial charge on any atom is -0.383 e. The highest BCUT2D eigenvalue weighted by molar-refractivity contribution is 7.89. The average molecular weight is 502 g/mol. The van der Waals surface area contributed by atoms with Crippen molar-refractivity contribution in [1.29, 1.82) is 0 Å². The molecule has 0 bridgehead atoms. The van der Waals surface area contributed by atoms with Gasteiger partial charge in [0.1, 0.15) is 0 Å². The first kappa shape index (κ1) is 27.6. The van der Waals surface area contributed by atoms with Crippen molar-refractivity contribution in [3.63, 3.8) is 0 Å². The Morgan fingerprint density at radius 3 is 2.48 bits per heavy atom. The predicted molar refractivity (Wildman–Crippen MR) is 129 cm³/mol. The third-order valence-corrected chi connectivity index (χ3v) is 8.09. The second-order valence-electron chi connectivity index (χ2n) is 8.26. The number of amides is 2. The van der Waals surface area contributed by atoms with Gasteiger partial charge in [-0.05, 0) is 37.0 Å². The van der Waals surface area contributed by atoms with E-state index in [0.29, 0.717) is 50.3 Å². The monoisotopic (exact) mass is 501 g/mol. The lowest BCUT2D eigenvalue weighted by molar-refractivity contribution is -0.137. The molecule has 2 rings (SSSR count). The van der Waals surface area contributed by atoms with Gasteiger partial charge in [-0.3, -0.25) is 9.59 Å². The van der Waals surface area contributed by atoms with Crippen LogP contribution in [0.2, 0.25) is 5.02 Å². The number of hydrogen-bond acceptors (Lipinski definition) is 5. The molecule has 1 aromatic carbocycles. The number of ether oxygens (including phenoxy) is 1. The molecule has 0 spiro atoms. The summed E-state index contributed by atoms with van der Waals surface area (Å²) in [5.74, 6) is -0.168. The van der Waals surface area contributed by atoms with Gasteiger partial charge in [0.15, 0.2) is 0 Å². The largest absolute Gasteiger partial charge is 0.383 e. The molecule has 0 radical (unpaired) electrons. The van der Waals surface area contributed by atoms with Crippen molar-refractivity contribution < 1.29 is 22.7 Å².